The number of rotatable bonds is 6. The minimum Gasteiger partial charge on any atom is -0.395 e. The Morgan fingerprint density at radius 3 is 2.42 bits per heavy atom. The van der Waals surface area contributed by atoms with Crippen molar-refractivity contribution < 1.29 is 9.90 Å². The zero-order chi connectivity index (χ0) is 14.3. The minimum atomic E-state index is 0.0485. The van der Waals surface area contributed by atoms with Gasteiger partial charge in [0.15, 0.2) is 0 Å². The zero-order valence-corrected chi connectivity index (χ0v) is 12.7. The lowest BCUT2D eigenvalue weighted by molar-refractivity contribution is -0.134. The van der Waals surface area contributed by atoms with Gasteiger partial charge in [-0.1, -0.05) is 19.3 Å². The number of aliphatic hydroxyl groups is 1. The molecule has 19 heavy (non-hydrogen) atoms. The second-order valence-corrected chi connectivity index (χ2v) is 6.53. The van der Waals surface area contributed by atoms with E-state index in [1.165, 1.54) is 19.3 Å². The van der Waals surface area contributed by atoms with E-state index in [0.717, 1.165) is 12.8 Å². The number of carbonyl (C=O) groups excluding carboxylic acids is 1. The number of amides is 1. The van der Waals surface area contributed by atoms with Crippen molar-refractivity contribution in [3.8, 4) is 0 Å². The van der Waals surface area contributed by atoms with Gasteiger partial charge in [0.1, 0.15) is 0 Å². The Morgan fingerprint density at radius 2 is 1.89 bits per heavy atom. The topological polar surface area (TPSA) is 52.6 Å². The van der Waals surface area contributed by atoms with Crippen LogP contribution in [0.15, 0.2) is 0 Å². The second-order valence-electron chi connectivity index (χ2n) is 6.53. The highest BCUT2D eigenvalue weighted by Gasteiger charge is 2.24. The number of nitrogens with zero attached hydrogens (tertiary/aromatic N) is 1. The van der Waals surface area contributed by atoms with Gasteiger partial charge in [0.2, 0.25) is 5.91 Å². The van der Waals surface area contributed by atoms with Crippen LogP contribution in [0.5, 0.6) is 0 Å². The molecule has 0 heterocycles. The predicted octanol–water partition coefficient (Wildman–Crippen LogP) is 1.92. The summed E-state index contributed by atoms with van der Waals surface area (Å²) in [6, 6.07) is 0.350. The van der Waals surface area contributed by atoms with Gasteiger partial charge in [-0.05, 0) is 33.6 Å². The molecule has 0 saturated heterocycles. The summed E-state index contributed by atoms with van der Waals surface area (Å²) < 4.78 is 0. The molecule has 112 valence electrons. The van der Waals surface area contributed by atoms with Crippen molar-refractivity contribution in [3.05, 3.63) is 0 Å². The van der Waals surface area contributed by atoms with E-state index < -0.39 is 0 Å². The van der Waals surface area contributed by atoms with Crippen molar-refractivity contribution in [2.45, 2.75) is 70.9 Å². The van der Waals surface area contributed by atoms with Gasteiger partial charge in [0.05, 0.1) is 6.61 Å². The summed E-state index contributed by atoms with van der Waals surface area (Å²) in [5.74, 6) is 0.178. The summed E-state index contributed by atoms with van der Waals surface area (Å²) in [6.45, 7) is 7.56. The minimum absolute atomic E-state index is 0.0485. The van der Waals surface area contributed by atoms with E-state index in [1.807, 2.05) is 4.90 Å². The van der Waals surface area contributed by atoms with Crippen LogP contribution in [-0.4, -0.2) is 47.2 Å². The van der Waals surface area contributed by atoms with E-state index in [1.54, 1.807) is 0 Å². The fraction of sp³-hybridized carbons (Fsp3) is 0.933. The lowest BCUT2D eigenvalue weighted by Crippen LogP contribution is -2.45. The molecule has 0 radical (unpaired) electrons. The van der Waals surface area contributed by atoms with Crippen LogP contribution < -0.4 is 5.32 Å². The van der Waals surface area contributed by atoms with Crippen molar-refractivity contribution in [1.29, 1.82) is 0 Å². The van der Waals surface area contributed by atoms with E-state index in [9.17, 15) is 4.79 Å². The first-order valence-electron chi connectivity index (χ1n) is 7.59. The molecule has 1 fully saturated rings. The van der Waals surface area contributed by atoms with Crippen LogP contribution in [0, 0.1) is 0 Å². The Kier molecular flexibility index (Phi) is 6.80. The molecule has 1 aliphatic rings. The van der Waals surface area contributed by atoms with Gasteiger partial charge in [0, 0.05) is 31.1 Å². The highest BCUT2D eigenvalue weighted by atomic mass is 16.3. The summed E-state index contributed by atoms with van der Waals surface area (Å²) in [5.41, 5.74) is 0.0485. The Hall–Kier alpha value is -0.610. The fourth-order valence-electron chi connectivity index (χ4n) is 2.70. The van der Waals surface area contributed by atoms with E-state index in [2.05, 4.69) is 26.1 Å². The first-order valence-corrected chi connectivity index (χ1v) is 7.59. The van der Waals surface area contributed by atoms with Crippen molar-refractivity contribution in [1.82, 2.24) is 10.2 Å². The van der Waals surface area contributed by atoms with E-state index in [-0.39, 0.29) is 18.1 Å². The molecule has 4 heteroatoms. The number of aliphatic hydroxyl groups excluding tert-OH is 1. The van der Waals surface area contributed by atoms with Crippen LogP contribution in [0.25, 0.3) is 0 Å². The van der Waals surface area contributed by atoms with Gasteiger partial charge in [-0.3, -0.25) is 4.79 Å². The van der Waals surface area contributed by atoms with E-state index >= 15 is 0 Å². The first kappa shape index (κ1) is 16.4. The van der Waals surface area contributed by atoms with Crippen LogP contribution in [0.3, 0.4) is 0 Å². The maximum atomic E-state index is 12.3. The number of carbonyl (C=O) groups is 1. The third-order valence-electron chi connectivity index (χ3n) is 3.67. The van der Waals surface area contributed by atoms with Crippen molar-refractivity contribution in [2.24, 2.45) is 0 Å². The Labute approximate surface area is 117 Å². The average Bonchev–Trinajstić information content (AvgIpc) is 2.35. The Morgan fingerprint density at radius 1 is 1.26 bits per heavy atom. The molecule has 0 aliphatic heterocycles. The molecular formula is C15H30N2O2. The lowest BCUT2D eigenvalue weighted by Gasteiger charge is -2.34. The summed E-state index contributed by atoms with van der Waals surface area (Å²) in [4.78, 5) is 14.2. The molecule has 0 aromatic carbocycles. The smallest absolute Gasteiger partial charge is 0.224 e. The van der Waals surface area contributed by atoms with Gasteiger partial charge < -0.3 is 15.3 Å². The van der Waals surface area contributed by atoms with Gasteiger partial charge in [-0.15, -0.1) is 0 Å². The normalized spacial score (nSPS) is 17.5. The number of hydrogen-bond donors (Lipinski definition) is 2. The quantitative estimate of drug-likeness (QED) is 0.775. The van der Waals surface area contributed by atoms with Crippen molar-refractivity contribution in [3.63, 3.8) is 0 Å². The summed E-state index contributed by atoms with van der Waals surface area (Å²) in [6.07, 6.45) is 6.41. The molecule has 2 N–H and O–H groups in total. The molecule has 4 nitrogen and oxygen atoms in total. The molecule has 0 atom stereocenters. The van der Waals surface area contributed by atoms with Crippen LogP contribution in [0.2, 0.25) is 0 Å². The molecule has 1 aliphatic carbocycles. The molecular weight excluding hydrogens is 240 g/mol. The fourth-order valence-corrected chi connectivity index (χ4v) is 2.70. The monoisotopic (exact) mass is 270 g/mol. The largest absolute Gasteiger partial charge is 0.395 e. The second kappa shape index (κ2) is 7.85. The van der Waals surface area contributed by atoms with E-state index in [0.29, 0.717) is 25.6 Å². The first-order chi connectivity index (χ1) is 8.94. The Bertz CT molecular complexity index is 268. The van der Waals surface area contributed by atoms with Crippen LogP contribution in [-0.2, 0) is 4.79 Å². The van der Waals surface area contributed by atoms with Gasteiger partial charge in [-0.25, -0.2) is 0 Å². The third-order valence-corrected chi connectivity index (χ3v) is 3.67. The number of nitrogens with one attached hydrogen (secondary N) is 1. The van der Waals surface area contributed by atoms with Crippen LogP contribution >= 0.6 is 0 Å². The molecule has 0 aromatic heterocycles. The van der Waals surface area contributed by atoms with Crippen LogP contribution in [0.4, 0.5) is 0 Å². The third kappa shape index (κ3) is 6.39. The standard InChI is InChI=1S/C15H30N2O2/c1-15(2,3)16-10-9-14(19)17(11-12-18)13-7-5-4-6-8-13/h13,16,18H,4-12H2,1-3H3. The SMILES string of the molecule is CC(C)(C)NCCC(=O)N(CCO)C1CCCCC1. The molecule has 0 aromatic rings. The molecule has 1 amide bonds. The Balaban J connectivity index is 2.43. The van der Waals surface area contributed by atoms with E-state index in [4.69, 9.17) is 5.11 Å². The maximum absolute atomic E-state index is 12.3. The highest BCUT2D eigenvalue weighted by Crippen LogP contribution is 2.22. The summed E-state index contributed by atoms with van der Waals surface area (Å²) >= 11 is 0. The molecule has 0 unspecified atom stereocenters. The van der Waals surface area contributed by atoms with Gasteiger partial charge in [0.25, 0.3) is 0 Å². The van der Waals surface area contributed by atoms with Gasteiger partial charge in [-0.2, -0.15) is 0 Å². The molecule has 0 spiro atoms. The lowest BCUT2D eigenvalue weighted by atomic mass is 9.94. The predicted molar refractivity (Wildman–Crippen MR) is 78.0 cm³/mol. The zero-order valence-electron chi connectivity index (χ0n) is 12.7. The molecule has 0 bridgehead atoms. The number of hydrogen-bond acceptors (Lipinski definition) is 3. The molecule has 1 saturated carbocycles. The molecule has 1 rings (SSSR count). The van der Waals surface area contributed by atoms with Crippen LogP contribution in [0.1, 0.15) is 59.3 Å². The average molecular weight is 270 g/mol. The maximum Gasteiger partial charge on any atom is 0.224 e. The van der Waals surface area contributed by atoms with Crippen molar-refractivity contribution >= 4 is 5.91 Å². The summed E-state index contributed by atoms with van der Waals surface area (Å²) in [7, 11) is 0. The van der Waals surface area contributed by atoms with Crippen molar-refractivity contribution in [2.75, 3.05) is 19.7 Å². The van der Waals surface area contributed by atoms with Gasteiger partial charge >= 0.3 is 0 Å². The summed E-state index contributed by atoms with van der Waals surface area (Å²) in [5, 5.41) is 12.5. The highest BCUT2D eigenvalue weighted by molar-refractivity contribution is 5.76.